The largest absolute Gasteiger partial charge is 0.497 e. The normalized spacial score (nSPS) is 11.9. The summed E-state index contributed by atoms with van der Waals surface area (Å²) in [6.45, 7) is 4.78. The number of hydrogen-bond acceptors (Lipinski definition) is 6. The van der Waals surface area contributed by atoms with Gasteiger partial charge in [0.2, 0.25) is 11.8 Å². The van der Waals surface area contributed by atoms with Crippen LogP contribution < -0.4 is 21.0 Å². The van der Waals surface area contributed by atoms with Crippen LogP contribution in [0.4, 0.5) is 0 Å². The molecule has 1 atom stereocenters. The Morgan fingerprint density at radius 2 is 1.90 bits per heavy atom. The van der Waals surface area contributed by atoms with Gasteiger partial charge in [-0.3, -0.25) is 9.59 Å². The monoisotopic (exact) mass is 418 g/mol. The zero-order chi connectivity index (χ0) is 22.4. The van der Waals surface area contributed by atoms with Crippen molar-refractivity contribution in [1.29, 1.82) is 0 Å². The van der Waals surface area contributed by atoms with E-state index in [2.05, 4.69) is 10.6 Å². The highest BCUT2D eigenvalue weighted by Gasteiger charge is 2.23. The first-order chi connectivity index (χ1) is 14.1. The van der Waals surface area contributed by atoms with Crippen LogP contribution in [0.15, 0.2) is 27.4 Å². The van der Waals surface area contributed by atoms with E-state index in [-0.39, 0.29) is 25.3 Å². The molecule has 0 spiro atoms. The summed E-state index contributed by atoms with van der Waals surface area (Å²) in [5.74, 6) is -1.90. The quantitative estimate of drug-likeness (QED) is 0.524. The molecule has 1 heterocycles. The van der Waals surface area contributed by atoms with E-state index in [9.17, 15) is 19.2 Å². The second kappa shape index (κ2) is 9.91. The van der Waals surface area contributed by atoms with E-state index in [4.69, 9.17) is 14.3 Å². The molecule has 0 saturated carbocycles. The van der Waals surface area contributed by atoms with Crippen molar-refractivity contribution in [3.8, 4) is 5.75 Å². The minimum Gasteiger partial charge on any atom is -0.497 e. The summed E-state index contributed by atoms with van der Waals surface area (Å²) < 4.78 is 10.5. The van der Waals surface area contributed by atoms with Gasteiger partial charge in [0.05, 0.1) is 13.7 Å². The second-order valence-corrected chi connectivity index (χ2v) is 7.26. The molecular weight excluding hydrogens is 392 g/mol. The fourth-order valence-electron chi connectivity index (χ4n) is 3.03. The Kier molecular flexibility index (Phi) is 7.57. The molecule has 9 nitrogen and oxygen atoms in total. The minimum absolute atomic E-state index is 0.0208. The number of carboxylic acids is 1. The predicted molar refractivity (Wildman–Crippen MR) is 110 cm³/mol. The van der Waals surface area contributed by atoms with E-state index < -0.39 is 29.5 Å². The molecule has 3 N–H and O–H groups in total. The molecule has 162 valence electrons. The van der Waals surface area contributed by atoms with Crippen molar-refractivity contribution in [1.82, 2.24) is 10.6 Å². The SMILES string of the molecule is COc1ccc2c(C)c(CCC(=O)NCC(=O)N[C@H](C(=O)O)C(C)C)c(=O)oc2c1. The molecule has 0 radical (unpaired) electrons. The third kappa shape index (κ3) is 5.59. The molecule has 0 aliphatic rings. The van der Waals surface area contributed by atoms with Crippen molar-refractivity contribution in [3.05, 3.63) is 39.7 Å². The summed E-state index contributed by atoms with van der Waals surface area (Å²) in [5, 5.41) is 14.6. The van der Waals surface area contributed by atoms with Crippen molar-refractivity contribution in [2.75, 3.05) is 13.7 Å². The number of carboxylic acid groups (broad SMARTS) is 1. The highest BCUT2D eigenvalue weighted by molar-refractivity contribution is 5.88. The van der Waals surface area contributed by atoms with E-state index >= 15 is 0 Å². The van der Waals surface area contributed by atoms with Crippen LogP contribution >= 0.6 is 0 Å². The van der Waals surface area contributed by atoms with Gasteiger partial charge in [-0.2, -0.15) is 0 Å². The molecule has 30 heavy (non-hydrogen) atoms. The lowest BCUT2D eigenvalue weighted by Crippen LogP contribution is -2.48. The Labute approximate surface area is 173 Å². The summed E-state index contributed by atoms with van der Waals surface area (Å²) in [6.07, 6.45) is 0.125. The number of ether oxygens (including phenoxy) is 1. The second-order valence-electron chi connectivity index (χ2n) is 7.26. The molecule has 0 unspecified atom stereocenters. The van der Waals surface area contributed by atoms with Gasteiger partial charge in [-0.15, -0.1) is 0 Å². The van der Waals surface area contributed by atoms with Crippen molar-refractivity contribution in [2.24, 2.45) is 5.92 Å². The van der Waals surface area contributed by atoms with Crippen molar-refractivity contribution >= 4 is 28.8 Å². The number of hydrogen-bond donors (Lipinski definition) is 3. The summed E-state index contributed by atoms with van der Waals surface area (Å²) in [4.78, 5) is 47.4. The van der Waals surface area contributed by atoms with Gasteiger partial charge in [-0.25, -0.2) is 9.59 Å². The zero-order valence-corrected chi connectivity index (χ0v) is 17.4. The molecule has 2 aromatic rings. The van der Waals surface area contributed by atoms with Gasteiger partial charge in [0.15, 0.2) is 0 Å². The van der Waals surface area contributed by atoms with Crippen LogP contribution in [0.3, 0.4) is 0 Å². The number of aliphatic carboxylic acids is 1. The average molecular weight is 418 g/mol. The van der Waals surface area contributed by atoms with Crippen LogP contribution in [0, 0.1) is 12.8 Å². The van der Waals surface area contributed by atoms with E-state index in [0.29, 0.717) is 16.9 Å². The van der Waals surface area contributed by atoms with Crippen molar-refractivity contribution in [2.45, 2.75) is 39.7 Å². The van der Waals surface area contributed by atoms with Crippen LogP contribution in [-0.4, -0.2) is 42.6 Å². The average Bonchev–Trinajstić information content (AvgIpc) is 2.69. The van der Waals surface area contributed by atoms with E-state index in [0.717, 1.165) is 10.9 Å². The standard InChI is InChI=1S/C21H26N2O7/c1-11(2)19(20(26)27)23-18(25)10-22-17(24)8-7-15-12(3)14-6-5-13(29-4)9-16(14)30-21(15)28/h5-6,9,11,19H,7-8,10H2,1-4H3,(H,22,24)(H,23,25)(H,26,27)/t19-/m0/s1. The lowest BCUT2D eigenvalue weighted by molar-refractivity contribution is -0.143. The molecule has 2 rings (SSSR count). The fraction of sp³-hybridized carbons (Fsp3) is 0.429. The zero-order valence-electron chi connectivity index (χ0n) is 17.4. The van der Waals surface area contributed by atoms with Crippen LogP contribution in [0.2, 0.25) is 0 Å². The first kappa shape index (κ1) is 22.9. The third-order valence-electron chi connectivity index (χ3n) is 4.79. The number of benzene rings is 1. The Hall–Kier alpha value is -3.36. The van der Waals surface area contributed by atoms with Crippen LogP contribution in [-0.2, 0) is 20.8 Å². The third-order valence-corrected chi connectivity index (χ3v) is 4.79. The predicted octanol–water partition coefficient (Wildman–Crippen LogP) is 1.38. The van der Waals surface area contributed by atoms with Gasteiger partial charge in [0.25, 0.3) is 0 Å². The molecule has 1 aromatic carbocycles. The first-order valence-corrected chi connectivity index (χ1v) is 9.53. The first-order valence-electron chi connectivity index (χ1n) is 9.53. The molecule has 1 aromatic heterocycles. The molecule has 0 bridgehead atoms. The molecule has 0 fully saturated rings. The van der Waals surface area contributed by atoms with Crippen LogP contribution in [0.5, 0.6) is 5.75 Å². The van der Waals surface area contributed by atoms with Gasteiger partial charge >= 0.3 is 11.6 Å². The Morgan fingerprint density at radius 3 is 2.50 bits per heavy atom. The molecule has 2 amide bonds. The van der Waals surface area contributed by atoms with Crippen LogP contribution in [0.1, 0.15) is 31.4 Å². The molecule has 0 saturated heterocycles. The number of carbonyl (C=O) groups excluding carboxylic acids is 2. The van der Waals surface area contributed by atoms with Gasteiger partial charge in [0.1, 0.15) is 17.4 Å². The summed E-state index contributed by atoms with van der Waals surface area (Å²) in [5.41, 5.74) is 0.980. The minimum atomic E-state index is -1.14. The Balaban J connectivity index is 1.98. The number of carbonyl (C=O) groups is 3. The smallest absolute Gasteiger partial charge is 0.339 e. The van der Waals surface area contributed by atoms with Gasteiger partial charge < -0.3 is 24.9 Å². The molecule has 9 heteroatoms. The summed E-state index contributed by atoms with van der Waals surface area (Å²) in [7, 11) is 1.52. The topological polar surface area (TPSA) is 135 Å². The van der Waals surface area contributed by atoms with Crippen molar-refractivity contribution < 1.29 is 28.6 Å². The number of amides is 2. The number of nitrogens with one attached hydrogen (secondary N) is 2. The van der Waals surface area contributed by atoms with E-state index in [1.54, 1.807) is 39.0 Å². The Bertz CT molecular complexity index is 1010. The van der Waals surface area contributed by atoms with E-state index in [1.807, 2.05) is 0 Å². The lowest BCUT2D eigenvalue weighted by Gasteiger charge is -2.18. The fourth-order valence-corrected chi connectivity index (χ4v) is 3.03. The van der Waals surface area contributed by atoms with Gasteiger partial charge in [0, 0.05) is 23.4 Å². The maximum absolute atomic E-state index is 12.3. The lowest BCUT2D eigenvalue weighted by atomic mass is 10.0. The summed E-state index contributed by atoms with van der Waals surface area (Å²) in [6, 6.07) is 4.14. The van der Waals surface area contributed by atoms with Gasteiger partial charge in [-0.05, 0) is 37.0 Å². The number of fused-ring (bicyclic) bond motifs is 1. The van der Waals surface area contributed by atoms with E-state index in [1.165, 1.54) is 7.11 Å². The molecule has 0 aliphatic carbocycles. The maximum atomic E-state index is 12.3. The highest BCUT2D eigenvalue weighted by atomic mass is 16.5. The number of methoxy groups -OCH3 is 1. The van der Waals surface area contributed by atoms with Gasteiger partial charge in [-0.1, -0.05) is 13.8 Å². The highest BCUT2D eigenvalue weighted by Crippen LogP contribution is 2.24. The Morgan fingerprint density at radius 1 is 1.20 bits per heavy atom. The summed E-state index contributed by atoms with van der Waals surface area (Å²) >= 11 is 0. The molecule has 0 aliphatic heterocycles. The molecular formula is C21H26N2O7. The number of aryl methyl sites for hydroxylation is 1. The van der Waals surface area contributed by atoms with Crippen LogP contribution in [0.25, 0.3) is 11.0 Å². The maximum Gasteiger partial charge on any atom is 0.339 e. The van der Waals surface area contributed by atoms with Crippen molar-refractivity contribution in [3.63, 3.8) is 0 Å². The number of rotatable bonds is 9.